The average molecular weight is 287 g/mol. The predicted octanol–water partition coefficient (Wildman–Crippen LogP) is 2.20. The average Bonchev–Trinajstić information content (AvgIpc) is 2.30. The van der Waals surface area contributed by atoms with Gasteiger partial charge in [0.1, 0.15) is 5.75 Å². The second-order valence-corrected chi connectivity index (χ2v) is 3.75. The number of Topliss-reactive ketones (excluding diaryl/α,β-unsaturated/α-hetero) is 1. The van der Waals surface area contributed by atoms with E-state index in [1.807, 2.05) is 6.92 Å². The molecule has 0 heterocycles. The lowest BCUT2D eigenvalue weighted by molar-refractivity contribution is -0.135. The van der Waals surface area contributed by atoms with Gasteiger partial charge in [0.05, 0.1) is 18.2 Å². The summed E-state index contributed by atoms with van der Waals surface area (Å²) in [6.45, 7) is 2.39. The van der Waals surface area contributed by atoms with Crippen LogP contribution in [0.4, 0.5) is 0 Å². The Morgan fingerprint density at radius 1 is 1.38 bits per heavy atom. The van der Waals surface area contributed by atoms with Gasteiger partial charge in [0, 0.05) is 5.56 Å². The number of esters is 1. The van der Waals surface area contributed by atoms with Crippen LogP contribution in [0.15, 0.2) is 22.7 Å². The fourth-order valence-corrected chi connectivity index (χ4v) is 1.62. The normalized spacial score (nSPS) is 9.69. The first-order valence-electron chi connectivity index (χ1n) is 4.65. The molecule has 0 aliphatic carbocycles. The van der Waals surface area contributed by atoms with Crippen LogP contribution in [0.5, 0.6) is 5.75 Å². The molecule has 4 nitrogen and oxygen atoms in total. The van der Waals surface area contributed by atoms with E-state index in [1.54, 1.807) is 6.07 Å². The Labute approximate surface area is 102 Å². The summed E-state index contributed by atoms with van der Waals surface area (Å²) in [6.07, 6.45) is 0. The van der Waals surface area contributed by atoms with Gasteiger partial charge in [-0.15, -0.1) is 0 Å². The Bertz CT molecular complexity index is 414. The number of carbonyl (C=O) groups excluding carboxylic acids is 2. The first-order valence-corrected chi connectivity index (χ1v) is 5.44. The monoisotopic (exact) mass is 286 g/mol. The first-order chi connectivity index (χ1) is 7.60. The molecule has 0 aliphatic heterocycles. The number of hydrogen-bond donors (Lipinski definition) is 0. The maximum atomic E-state index is 11.5. The van der Waals surface area contributed by atoms with Gasteiger partial charge in [-0.2, -0.15) is 0 Å². The van der Waals surface area contributed by atoms with Crippen LogP contribution in [0.25, 0.3) is 0 Å². The second-order valence-electron chi connectivity index (χ2n) is 2.90. The van der Waals surface area contributed by atoms with Crippen LogP contribution in [0.3, 0.4) is 0 Å². The Morgan fingerprint density at radius 3 is 2.56 bits per heavy atom. The highest BCUT2D eigenvalue weighted by Crippen LogP contribution is 2.26. The minimum absolute atomic E-state index is 0.266. The van der Waals surface area contributed by atoms with Crippen molar-refractivity contribution in [3.63, 3.8) is 0 Å². The largest absolute Gasteiger partial charge is 0.493 e. The highest BCUT2D eigenvalue weighted by atomic mass is 79.9. The van der Waals surface area contributed by atoms with Crippen molar-refractivity contribution in [1.82, 2.24) is 0 Å². The third kappa shape index (κ3) is 2.82. The fraction of sp³-hybridized carbons (Fsp3) is 0.273. The molecular weight excluding hydrogens is 276 g/mol. The molecule has 0 aromatic heterocycles. The van der Waals surface area contributed by atoms with Crippen LogP contribution >= 0.6 is 15.9 Å². The van der Waals surface area contributed by atoms with Crippen molar-refractivity contribution < 1.29 is 19.1 Å². The summed E-state index contributed by atoms with van der Waals surface area (Å²) in [5.41, 5.74) is 0.266. The fourth-order valence-electron chi connectivity index (χ4n) is 1.13. The van der Waals surface area contributed by atoms with E-state index in [0.717, 1.165) is 0 Å². The van der Waals surface area contributed by atoms with Crippen molar-refractivity contribution in [2.75, 3.05) is 13.7 Å². The molecule has 0 saturated heterocycles. The smallest absolute Gasteiger partial charge is 0.379 e. The molecule has 0 amide bonds. The lowest BCUT2D eigenvalue weighted by Crippen LogP contribution is -2.15. The summed E-state index contributed by atoms with van der Waals surface area (Å²) in [6, 6.07) is 4.68. The third-order valence-electron chi connectivity index (χ3n) is 1.86. The Kier molecular flexibility index (Phi) is 4.49. The van der Waals surface area contributed by atoms with Gasteiger partial charge in [-0.05, 0) is 41.1 Å². The number of carbonyl (C=O) groups is 2. The number of ether oxygens (including phenoxy) is 2. The van der Waals surface area contributed by atoms with Crippen molar-refractivity contribution in [3.8, 4) is 5.75 Å². The molecule has 0 fully saturated rings. The van der Waals surface area contributed by atoms with Crippen molar-refractivity contribution in [2.24, 2.45) is 0 Å². The summed E-state index contributed by atoms with van der Waals surface area (Å²) >= 11 is 3.26. The zero-order valence-electron chi connectivity index (χ0n) is 8.95. The van der Waals surface area contributed by atoms with Crippen molar-refractivity contribution >= 4 is 27.7 Å². The van der Waals surface area contributed by atoms with Crippen LogP contribution in [0, 0.1) is 0 Å². The number of rotatable bonds is 4. The van der Waals surface area contributed by atoms with Gasteiger partial charge >= 0.3 is 5.97 Å². The van der Waals surface area contributed by atoms with E-state index in [9.17, 15) is 9.59 Å². The molecule has 0 bridgehead atoms. The number of ketones is 1. The summed E-state index contributed by atoms with van der Waals surface area (Å²) in [5, 5.41) is 0. The van der Waals surface area contributed by atoms with E-state index in [0.29, 0.717) is 16.8 Å². The van der Waals surface area contributed by atoms with Crippen LogP contribution in [0.1, 0.15) is 17.3 Å². The Morgan fingerprint density at radius 2 is 2.06 bits per heavy atom. The summed E-state index contributed by atoms with van der Waals surface area (Å²) in [7, 11) is 1.17. The van der Waals surface area contributed by atoms with Crippen LogP contribution in [-0.4, -0.2) is 25.5 Å². The van der Waals surface area contributed by atoms with Gasteiger partial charge in [0.2, 0.25) is 0 Å². The van der Waals surface area contributed by atoms with Gasteiger partial charge in [-0.25, -0.2) is 4.79 Å². The van der Waals surface area contributed by atoms with Crippen LogP contribution < -0.4 is 4.74 Å². The summed E-state index contributed by atoms with van der Waals surface area (Å²) in [5.74, 6) is -0.925. The SMILES string of the molecule is CCOc1ccc(C(=O)C(=O)OC)cc1Br. The summed E-state index contributed by atoms with van der Waals surface area (Å²) in [4.78, 5) is 22.5. The molecule has 0 aliphatic rings. The Balaban J connectivity index is 2.97. The first kappa shape index (κ1) is 12.7. The van der Waals surface area contributed by atoms with E-state index >= 15 is 0 Å². The molecule has 86 valence electrons. The zero-order chi connectivity index (χ0) is 12.1. The van der Waals surface area contributed by atoms with Gasteiger partial charge in [-0.3, -0.25) is 4.79 Å². The lowest BCUT2D eigenvalue weighted by atomic mass is 10.1. The van der Waals surface area contributed by atoms with Gasteiger partial charge in [0.25, 0.3) is 5.78 Å². The van der Waals surface area contributed by atoms with Crippen LogP contribution in [0.2, 0.25) is 0 Å². The van der Waals surface area contributed by atoms with E-state index < -0.39 is 11.8 Å². The molecule has 0 spiro atoms. The number of benzene rings is 1. The molecule has 1 rings (SSSR count). The number of halogens is 1. The number of methoxy groups -OCH3 is 1. The third-order valence-corrected chi connectivity index (χ3v) is 2.48. The highest BCUT2D eigenvalue weighted by molar-refractivity contribution is 9.10. The van der Waals surface area contributed by atoms with E-state index in [2.05, 4.69) is 20.7 Å². The summed E-state index contributed by atoms with van der Waals surface area (Å²) < 4.78 is 10.3. The minimum Gasteiger partial charge on any atom is -0.493 e. The van der Waals surface area contributed by atoms with Crippen molar-refractivity contribution in [3.05, 3.63) is 28.2 Å². The van der Waals surface area contributed by atoms with E-state index in [1.165, 1.54) is 19.2 Å². The second kappa shape index (κ2) is 5.65. The van der Waals surface area contributed by atoms with Gasteiger partial charge < -0.3 is 9.47 Å². The molecule has 16 heavy (non-hydrogen) atoms. The highest BCUT2D eigenvalue weighted by Gasteiger charge is 2.17. The van der Waals surface area contributed by atoms with E-state index in [-0.39, 0.29) is 5.56 Å². The van der Waals surface area contributed by atoms with E-state index in [4.69, 9.17) is 4.74 Å². The molecule has 0 unspecified atom stereocenters. The topological polar surface area (TPSA) is 52.6 Å². The molecule has 1 aromatic rings. The molecule has 0 saturated carbocycles. The minimum atomic E-state index is -0.879. The van der Waals surface area contributed by atoms with Gasteiger partial charge in [0.15, 0.2) is 0 Å². The van der Waals surface area contributed by atoms with Crippen molar-refractivity contribution in [1.29, 1.82) is 0 Å². The molecule has 5 heteroatoms. The van der Waals surface area contributed by atoms with Crippen molar-refractivity contribution in [2.45, 2.75) is 6.92 Å². The Hall–Kier alpha value is -1.36. The zero-order valence-corrected chi connectivity index (χ0v) is 10.5. The molecular formula is C11H11BrO4. The molecule has 1 aromatic carbocycles. The predicted molar refractivity (Wildman–Crippen MR) is 61.7 cm³/mol. The lowest BCUT2D eigenvalue weighted by Gasteiger charge is -2.06. The standard InChI is InChI=1S/C11H11BrO4/c1-3-16-9-5-4-7(6-8(9)12)10(13)11(14)15-2/h4-6H,3H2,1-2H3. The molecule has 0 N–H and O–H groups in total. The quantitative estimate of drug-likeness (QED) is 0.484. The molecule has 0 atom stereocenters. The maximum Gasteiger partial charge on any atom is 0.379 e. The number of hydrogen-bond acceptors (Lipinski definition) is 4. The maximum absolute atomic E-state index is 11.5. The van der Waals surface area contributed by atoms with Gasteiger partial charge in [-0.1, -0.05) is 0 Å². The van der Waals surface area contributed by atoms with Crippen LogP contribution in [-0.2, 0) is 9.53 Å². The molecule has 0 radical (unpaired) electrons.